The first-order chi connectivity index (χ1) is 15.3. The fourth-order valence-electron chi connectivity index (χ4n) is 3.66. The first-order valence-corrected chi connectivity index (χ1v) is 10.5. The van der Waals surface area contributed by atoms with Crippen molar-refractivity contribution in [1.82, 2.24) is 0 Å². The van der Waals surface area contributed by atoms with Crippen LogP contribution in [0.5, 0.6) is 0 Å². The first-order valence-electron chi connectivity index (χ1n) is 10.5. The van der Waals surface area contributed by atoms with Crippen molar-refractivity contribution in [2.75, 3.05) is 7.11 Å². The summed E-state index contributed by atoms with van der Waals surface area (Å²) in [6.07, 6.45) is -6.24. The minimum Gasteiger partial charge on any atom is -0.451 e. The number of carbonyl (C=O) groups is 2. The van der Waals surface area contributed by atoms with Crippen LogP contribution in [0.3, 0.4) is 0 Å². The van der Waals surface area contributed by atoms with Crippen molar-refractivity contribution in [3.8, 4) is 0 Å². The van der Waals surface area contributed by atoms with Crippen LogP contribution in [0.25, 0.3) is 0 Å². The third kappa shape index (κ3) is 6.32. The molecule has 0 heterocycles. The van der Waals surface area contributed by atoms with E-state index < -0.39 is 35.2 Å². The number of hydrogen-bond acceptors (Lipinski definition) is 4. The molecule has 0 aromatic heterocycles. The molecule has 2 rings (SSSR count). The highest BCUT2D eigenvalue weighted by atomic mass is 19.4. The lowest BCUT2D eigenvalue weighted by Crippen LogP contribution is -2.53. The minimum atomic E-state index is -5.14. The Hall–Kier alpha value is -2.93. The van der Waals surface area contributed by atoms with Gasteiger partial charge in [0.1, 0.15) is 0 Å². The zero-order valence-electron chi connectivity index (χ0n) is 19.2. The molecule has 0 aliphatic rings. The van der Waals surface area contributed by atoms with Crippen LogP contribution < -0.4 is 0 Å². The Morgan fingerprint density at radius 1 is 0.939 bits per heavy atom. The van der Waals surface area contributed by atoms with Gasteiger partial charge in [-0.25, -0.2) is 4.79 Å². The van der Waals surface area contributed by atoms with E-state index in [2.05, 4.69) is 6.58 Å². The van der Waals surface area contributed by atoms with Gasteiger partial charge >= 0.3 is 12.1 Å². The van der Waals surface area contributed by atoms with Gasteiger partial charge in [0.15, 0.2) is 6.10 Å². The summed E-state index contributed by atoms with van der Waals surface area (Å²) in [5.74, 6) is -2.32. The summed E-state index contributed by atoms with van der Waals surface area (Å²) in [4.78, 5) is 26.2. The second-order valence-corrected chi connectivity index (χ2v) is 9.06. The van der Waals surface area contributed by atoms with Crippen molar-refractivity contribution in [3.63, 3.8) is 0 Å². The topological polar surface area (TPSA) is 52.6 Å². The highest BCUT2D eigenvalue weighted by Gasteiger charge is 2.64. The van der Waals surface area contributed by atoms with Crippen LogP contribution >= 0.6 is 0 Å². The lowest BCUT2D eigenvalue weighted by molar-refractivity contribution is -0.277. The van der Waals surface area contributed by atoms with Crippen LogP contribution in [0, 0.1) is 5.41 Å². The van der Waals surface area contributed by atoms with E-state index in [1.807, 2.05) is 20.8 Å². The zero-order valence-corrected chi connectivity index (χ0v) is 19.2. The van der Waals surface area contributed by atoms with Gasteiger partial charge in [0.2, 0.25) is 5.78 Å². The molecule has 0 aliphatic heterocycles. The Bertz CT molecular complexity index is 963. The van der Waals surface area contributed by atoms with Gasteiger partial charge in [0.25, 0.3) is 5.60 Å². The molecule has 0 radical (unpaired) electrons. The number of halogens is 3. The van der Waals surface area contributed by atoms with Gasteiger partial charge in [-0.3, -0.25) is 4.79 Å². The van der Waals surface area contributed by atoms with Gasteiger partial charge in [0.05, 0.1) is 0 Å². The van der Waals surface area contributed by atoms with E-state index >= 15 is 0 Å². The van der Waals surface area contributed by atoms with Crippen LogP contribution in [-0.4, -0.2) is 31.1 Å². The molecule has 178 valence electrons. The maximum atomic E-state index is 14.2. The molecule has 0 amide bonds. The number of Topliss-reactive ketones (excluding diaryl/α,β-unsaturated/α-hetero) is 1. The van der Waals surface area contributed by atoms with Crippen LogP contribution in [0.15, 0.2) is 72.8 Å². The number of ketones is 1. The van der Waals surface area contributed by atoms with Crippen LogP contribution in [0.2, 0.25) is 0 Å². The van der Waals surface area contributed by atoms with E-state index in [9.17, 15) is 22.8 Å². The standard InChI is InChI=1S/C26H29F3O4/c1-18(17-24(2,3)4)16-21(22(30)19-12-8-6-9-13-19)33-23(31)25(32-5,26(27,28)29)20-14-10-7-11-15-20/h6-15,21H,1,16-17H2,2-5H3/t21-,25-/m0/s1. The number of esters is 1. The largest absolute Gasteiger partial charge is 0.451 e. The number of benzene rings is 2. The van der Waals surface area contributed by atoms with E-state index in [-0.39, 0.29) is 17.4 Å². The molecule has 0 fully saturated rings. The number of rotatable bonds is 9. The van der Waals surface area contributed by atoms with Crippen molar-refractivity contribution in [2.45, 2.75) is 51.5 Å². The van der Waals surface area contributed by atoms with E-state index in [1.165, 1.54) is 30.3 Å². The average Bonchev–Trinajstić information content (AvgIpc) is 2.72. The SMILES string of the molecule is C=C(C[C@H](OC(=O)[C@@](OC)(c1ccccc1)C(F)(F)F)C(=O)c1ccccc1)CC(C)(C)C. The van der Waals surface area contributed by atoms with Crippen LogP contribution in [0.1, 0.15) is 49.5 Å². The Balaban J connectivity index is 2.46. The maximum Gasteiger partial charge on any atom is 0.432 e. The first kappa shape index (κ1) is 26.3. The number of methoxy groups -OCH3 is 1. The number of hydrogen-bond donors (Lipinski definition) is 0. The molecule has 0 bridgehead atoms. The number of alkyl halides is 3. The van der Waals surface area contributed by atoms with E-state index in [4.69, 9.17) is 9.47 Å². The molecule has 4 nitrogen and oxygen atoms in total. The van der Waals surface area contributed by atoms with Crippen molar-refractivity contribution in [2.24, 2.45) is 5.41 Å². The normalized spacial score (nSPS) is 14.8. The van der Waals surface area contributed by atoms with E-state index in [1.54, 1.807) is 18.2 Å². The second kappa shape index (κ2) is 10.3. The van der Waals surface area contributed by atoms with E-state index in [0.717, 1.165) is 19.2 Å². The highest BCUT2D eigenvalue weighted by molar-refractivity contribution is 6.01. The monoisotopic (exact) mass is 462 g/mol. The summed E-state index contributed by atoms with van der Waals surface area (Å²) < 4.78 is 52.8. The minimum absolute atomic E-state index is 0.108. The number of ether oxygens (including phenoxy) is 2. The summed E-state index contributed by atoms with van der Waals surface area (Å²) in [7, 11) is 0.786. The Labute approximate surface area is 192 Å². The van der Waals surface area contributed by atoms with Gasteiger partial charge in [0, 0.05) is 24.7 Å². The lowest BCUT2D eigenvalue weighted by Gasteiger charge is -2.34. The summed E-state index contributed by atoms with van der Waals surface area (Å²) >= 11 is 0. The molecule has 7 heteroatoms. The van der Waals surface area contributed by atoms with Gasteiger partial charge in [-0.05, 0) is 11.8 Å². The predicted octanol–water partition coefficient (Wildman–Crippen LogP) is 6.27. The Morgan fingerprint density at radius 3 is 1.91 bits per heavy atom. The fourth-order valence-corrected chi connectivity index (χ4v) is 3.66. The van der Waals surface area contributed by atoms with E-state index in [0.29, 0.717) is 12.0 Å². The third-order valence-electron chi connectivity index (χ3n) is 5.03. The zero-order chi connectivity index (χ0) is 24.9. The lowest BCUT2D eigenvalue weighted by atomic mass is 9.86. The second-order valence-electron chi connectivity index (χ2n) is 9.06. The molecule has 0 saturated carbocycles. The van der Waals surface area contributed by atoms with Crippen molar-refractivity contribution in [1.29, 1.82) is 0 Å². The summed E-state index contributed by atoms with van der Waals surface area (Å²) in [6, 6.07) is 14.5. The molecule has 33 heavy (non-hydrogen) atoms. The summed E-state index contributed by atoms with van der Waals surface area (Å²) in [5, 5.41) is 0. The molecule has 0 aliphatic carbocycles. The highest BCUT2D eigenvalue weighted by Crippen LogP contribution is 2.43. The average molecular weight is 463 g/mol. The number of carbonyl (C=O) groups excluding carboxylic acids is 2. The Kier molecular flexibility index (Phi) is 8.25. The molecule has 2 aromatic rings. The molecule has 0 unspecified atom stereocenters. The molecule has 2 aromatic carbocycles. The Morgan fingerprint density at radius 2 is 1.45 bits per heavy atom. The fraction of sp³-hybridized carbons (Fsp3) is 0.385. The molecular weight excluding hydrogens is 433 g/mol. The quantitative estimate of drug-likeness (QED) is 0.250. The van der Waals surface area contributed by atoms with Crippen LogP contribution in [-0.2, 0) is 19.9 Å². The molecule has 0 saturated heterocycles. The van der Waals surface area contributed by atoms with Crippen molar-refractivity contribution >= 4 is 11.8 Å². The van der Waals surface area contributed by atoms with Gasteiger partial charge in [-0.1, -0.05) is 93.6 Å². The molecule has 0 spiro atoms. The van der Waals surface area contributed by atoms with Gasteiger partial charge < -0.3 is 9.47 Å². The maximum absolute atomic E-state index is 14.2. The smallest absolute Gasteiger partial charge is 0.432 e. The van der Waals surface area contributed by atoms with Crippen LogP contribution in [0.4, 0.5) is 13.2 Å². The summed E-state index contributed by atoms with van der Waals surface area (Å²) in [5.41, 5.74) is -3.19. The molecular formula is C26H29F3O4. The van der Waals surface area contributed by atoms with Gasteiger partial charge in [-0.2, -0.15) is 13.2 Å². The predicted molar refractivity (Wildman–Crippen MR) is 120 cm³/mol. The van der Waals surface area contributed by atoms with Crippen molar-refractivity contribution in [3.05, 3.63) is 83.9 Å². The summed E-state index contributed by atoms with van der Waals surface area (Å²) in [6.45, 7) is 9.85. The molecule has 2 atom stereocenters. The third-order valence-corrected chi connectivity index (χ3v) is 5.03. The van der Waals surface area contributed by atoms with Gasteiger partial charge in [-0.15, -0.1) is 0 Å². The molecule has 0 N–H and O–H groups in total. The van der Waals surface area contributed by atoms with Crippen molar-refractivity contribution < 1.29 is 32.2 Å².